The fourth-order valence-electron chi connectivity index (χ4n) is 1.50. The fourth-order valence-corrected chi connectivity index (χ4v) is 2.21. The van der Waals surface area contributed by atoms with Crippen molar-refractivity contribution in [2.75, 3.05) is 5.32 Å². The van der Waals surface area contributed by atoms with Crippen LogP contribution in [0.15, 0.2) is 18.2 Å². The number of rotatable bonds is 4. The Labute approximate surface area is 125 Å². The maximum Gasteiger partial charge on any atom is 0.266 e. The third kappa shape index (κ3) is 3.68. The molecule has 2 aromatic rings. The van der Waals surface area contributed by atoms with Gasteiger partial charge in [0.2, 0.25) is 5.13 Å². The van der Waals surface area contributed by atoms with Gasteiger partial charge in [-0.25, -0.2) is 0 Å². The number of benzene rings is 1. The van der Waals surface area contributed by atoms with Gasteiger partial charge >= 0.3 is 0 Å². The van der Waals surface area contributed by atoms with Gasteiger partial charge in [0.05, 0.1) is 0 Å². The molecule has 1 atom stereocenters. The van der Waals surface area contributed by atoms with E-state index in [0.29, 0.717) is 15.9 Å². The van der Waals surface area contributed by atoms with E-state index in [1.54, 1.807) is 25.1 Å². The van der Waals surface area contributed by atoms with Crippen molar-refractivity contribution >= 4 is 34.0 Å². The SMILES string of the molecule is Cc1nnc(NC(=O)C(C)Oc2ccc(Cl)c(C)c2)s1. The Kier molecular flexibility index (Phi) is 4.57. The van der Waals surface area contributed by atoms with Crippen molar-refractivity contribution in [1.82, 2.24) is 10.2 Å². The van der Waals surface area contributed by atoms with Crippen molar-refractivity contribution in [3.05, 3.63) is 33.8 Å². The summed E-state index contributed by atoms with van der Waals surface area (Å²) in [6, 6.07) is 5.26. The number of carbonyl (C=O) groups excluding carboxylic acids is 1. The number of aryl methyl sites for hydroxylation is 2. The second-order valence-electron chi connectivity index (χ2n) is 4.29. The van der Waals surface area contributed by atoms with Crippen LogP contribution in [0.5, 0.6) is 5.75 Å². The molecule has 7 heteroatoms. The summed E-state index contributed by atoms with van der Waals surface area (Å²) in [6.07, 6.45) is -0.639. The van der Waals surface area contributed by atoms with Crippen molar-refractivity contribution in [2.45, 2.75) is 26.9 Å². The molecule has 0 aliphatic carbocycles. The highest BCUT2D eigenvalue weighted by Crippen LogP contribution is 2.22. The number of amides is 1. The van der Waals surface area contributed by atoms with Crippen LogP contribution < -0.4 is 10.1 Å². The first kappa shape index (κ1) is 14.7. The normalized spacial score (nSPS) is 12.0. The van der Waals surface area contributed by atoms with Gasteiger partial charge in [-0.15, -0.1) is 10.2 Å². The topological polar surface area (TPSA) is 64.1 Å². The van der Waals surface area contributed by atoms with Crippen LogP contribution in [-0.4, -0.2) is 22.2 Å². The summed E-state index contributed by atoms with van der Waals surface area (Å²) in [5, 5.41) is 12.3. The van der Waals surface area contributed by atoms with Gasteiger partial charge in [0, 0.05) is 5.02 Å². The van der Waals surface area contributed by atoms with Gasteiger partial charge in [-0.3, -0.25) is 10.1 Å². The minimum atomic E-state index is -0.639. The molecule has 1 amide bonds. The molecule has 20 heavy (non-hydrogen) atoms. The largest absolute Gasteiger partial charge is 0.481 e. The molecule has 5 nitrogen and oxygen atoms in total. The number of aromatic nitrogens is 2. The van der Waals surface area contributed by atoms with E-state index in [2.05, 4.69) is 15.5 Å². The first-order valence-electron chi connectivity index (χ1n) is 5.99. The molecule has 106 valence electrons. The number of halogens is 1. The van der Waals surface area contributed by atoms with Crippen LogP contribution in [0.1, 0.15) is 17.5 Å². The number of anilines is 1. The Morgan fingerprint density at radius 2 is 2.15 bits per heavy atom. The molecule has 0 radical (unpaired) electrons. The predicted molar refractivity (Wildman–Crippen MR) is 79.6 cm³/mol. The van der Waals surface area contributed by atoms with Crippen molar-refractivity contribution in [3.8, 4) is 5.75 Å². The second-order valence-corrected chi connectivity index (χ2v) is 5.88. The minimum absolute atomic E-state index is 0.270. The van der Waals surface area contributed by atoms with Crippen molar-refractivity contribution in [2.24, 2.45) is 0 Å². The molecule has 0 fully saturated rings. The van der Waals surface area contributed by atoms with Crippen LogP contribution in [0, 0.1) is 13.8 Å². The molecule has 1 aromatic carbocycles. The van der Waals surface area contributed by atoms with Gasteiger partial charge in [0.15, 0.2) is 6.10 Å². The number of carbonyl (C=O) groups is 1. The van der Waals surface area contributed by atoms with Crippen LogP contribution in [0.4, 0.5) is 5.13 Å². The van der Waals surface area contributed by atoms with Gasteiger partial charge in [-0.05, 0) is 44.5 Å². The van der Waals surface area contributed by atoms with Crippen molar-refractivity contribution in [1.29, 1.82) is 0 Å². The minimum Gasteiger partial charge on any atom is -0.481 e. The lowest BCUT2D eigenvalue weighted by Gasteiger charge is -2.14. The zero-order valence-corrected chi connectivity index (χ0v) is 12.9. The summed E-state index contributed by atoms with van der Waals surface area (Å²) < 4.78 is 5.58. The average molecular weight is 312 g/mol. The molecule has 0 saturated carbocycles. The van der Waals surface area contributed by atoms with E-state index < -0.39 is 6.10 Å². The molecule has 0 aliphatic rings. The van der Waals surface area contributed by atoms with Crippen LogP contribution in [0.25, 0.3) is 0 Å². The zero-order chi connectivity index (χ0) is 14.7. The van der Waals surface area contributed by atoms with E-state index in [4.69, 9.17) is 16.3 Å². The predicted octanol–water partition coefficient (Wildman–Crippen LogP) is 3.21. The fraction of sp³-hybridized carbons (Fsp3) is 0.308. The van der Waals surface area contributed by atoms with E-state index in [1.807, 2.05) is 13.8 Å². The highest BCUT2D eigenvalue weighted by atomic mass is 35.5. The Morgan fingerprint density at radius 1 is 1.40 bits per heavy atom. The molecule has 0 bridgehead atoms. The van der Waals surface area contributed by atoms with Crippen LogP contribution >= 0.6 is 22.9 Å². The molecule has 0 aliphatic heterocycles. The number of hydrogen-bond acceptors (Lipinski definition) is 5. The van der Waals surface area contributed by atoms with E-state index >= 15 is 0 Å². The zero-order valence-electron chi connectivity index (χ0n) is 11.3. The molecular weight excluding hydrogens is 298 g/mol. The Balaban J connectivity index is 1.98. The van der Waals surface area contributed by atoms with Gasteiger partial charge in [0.25, 0.3) is 5.91 Å². The van der Waals surface area contributed by atoms with Crippen molar-refractivity contribution in [3.63, 3.8) is 0 Å². The molecule has 1 aromatic heterocycles. The summed E-state index contributed by atoms with van der Waals surface area (Å²) in [7, 11) is 0. The van der Waals surface area contributed by atoms with Gasteiger partial charge in [0.1, 0.15) is 10.8 Å². The summed E-state index contributed by atoms with van der Waals surface area (Å²) in [6.45, 7) is 5.38. The molecule has 2 rings (SSSR count). The second kappa shape index (κ2) is 6.19. The summed E-state index contributed by atoms with van der Waals surface area (Å²) in [4.78, 5) is 12.0. The highest BCUT2D eigenvalue weighted by molar-refractivity contribution is 7.15. The Bertz CT molecular complexity index is 630. The highest BCUT2D eigenvalue weighted by Gasteiger charge is 2.16. The number of nitrogens with zero attached hydrogens (tertiary/aromatic N) is 2. The standard InChI is InChI=1S/C13H14ClN3O2S/c1-7-6-10(4-5-11(7)14)19-8(2)12(18)15-13-17-16-9(3)20-13/h4-6,8H,1-3H3,(H,15,17,18). The van der Waals surface area contributed by atoms with Crippen LogP contribution in [-0.2, 0) is 4.79 Å². The van der Waals surface area contributed by atoms with E-state index in [9.17, 15) is 4.79 Å². The third-order valence-electron chi connectivity index (χ3n) is 2.57. The van der Waals surface area contributed by atoms with E-state index in [-0.39, 0.29) is 5.91 Å². The number of ether oxygens (including phenoxy) is 1. The van der Waals surface area contributed by atoms with Gasteiger partial charge < -0.3 is 4.74 Å². The number of hydrogen-bond donors (Lipinski definition) is 1. The van der Waals surface area contributed by atoms with E-state index in [0.717, 1.165) is 10.6 Å². The summed E-state index contributed by atoms with van der Waals surface area (Å²) in [5.41, 5.74) is 0.900. The molecule has 0 saturated heterocycles. The Hall–Kier alpha value is -1.66. The molecular formula is C13H14ClN3O2S. The first-order valence-corrected chi connectivity index (χ1v) is 7.19. The maximum atomic E-state index is 12.0. The average Bonchev–Trinajstić information content (AvgIpc) is 2.79. The molecule has 1 N–H and O–H groups in total. The number of nitrogens with one attached hydrogen (secondary N) is 1. The summed E-state index contributed by atoms with van der Waals surface area (Å²) in [5.74, 6) is 0.330. The lowest BCUT2D eigenvalue weighted by atomic mass is 10.2. The maximum absolute atomic E-state index is 12.0. The van der Waals surface area contributed by atoms with Crippen molar-refractivity contribution < 1.29 is 9.53 Å². The van der Waals surface area contributed by atoms with Gasteiger partial charge in [-0.2, -0.15) is 0 Å². The monoisotopic (exact) mass is 311 g/mol. The smallest absolute Gasteiger partial charge is 0.266 e. The molecule has 1 heterocycles. The van der Waals surface area contributed by atoms with Gasteiger partial charge in [-0.1, -0.05) is 22.9 Å². The van der Waals surface area contributed by atoms with Crippen LogP contribution in [0.3, 0.4) is 0 Å². The lowest BCUT2D eigenvalue weighted by molar-refractivity contribution is -0.122. The van der Waals surface area contributed by atoms with Crippen LogP contribution in [0.2, 0.25) is 5.02 Å². The lowest BCUT2D eigenvalue weighted by Crippen LogP contribution is -2.30. The quantitative estimate of drug-likeness (QED) is 0.941. The third-order valence-corrected chi connectivity index (χ3v) is 3.75. The first-order chi connectivity index (χ1) is 9.45. The van der Waals surface area contributed by atoms with E-state index in [1.165, 1.54) is 11.3 Å². The molecule has 0 spiro atoms. The molecule has 1 unspecified atom stereocenters. The Morgan fingerprint density at radius 3 is 2.75 bits per heavy atom. The summed E-state index contributed by atoms with van der Waals surface area (Å²) >= 11 is 7.26.